The van der Waals surface area contributed by atoms with Crippen molar-refractivity contribution in [1.82, 2.24) is 5.32 Å². The van der Waals surface area contributed by atoms with Crippen LogP contribution in [0.1, 0.15) is 25.0 Å². The number of thiocarbonyl (C=S) groups is 1. The van der Waals surface area contributed by atoms with E-state index in [-0.39, 0.29) is 12.0 Å². The van der Waals surface area contributed by atoms with Crippen LogP contribution in [0.15, 0.2) is 54.2 Å². The van der Waals surface area contributed by atoms with Gasteiger partial charge in [-0.3, -0.25) is 9.69 Å². The number of rotatable bonds is 4. The van der Waals surface area contributed by atoms with E-state index in [0.717, 1.165) is 22.6 Å². The molecule has 1 heterocycles. The van der Waals surface area contributed by atoms with Crippen molar-refractivity contribution >= 4 is 35.0 Å². The Morgan fingerprint density at radius 1 is 1.12 bits per heavy atom. The average Bonchev–Trinajstić information content (AvgIpc) is 2.84. The van der Waals surface area contributed by atoms with Gasteiger partial charge in [0.05, 0.1) is 11.8 Å². The lowest BCUT2D eigenvalue weighted by Gasteiger charge is -2.16. The van der Waals surface area contributed by atoms with Crippen molar-refractivity contribution in [2.45, 2.75) is 26.9 Å². The van der Waals surface area contributed by atoms with Crippen molar-refractivity contribution in [1.29, 1.82) is 0 Å². The van der Waals surface area contributed by atoms with Gasteiger partial charge in [-0.1, -0.05) is 36.4 Å². The number of carbonyl (C=O) groups is 1. The first-order valence-corrected chi connectivity index (χ1v) is 8.56. The van der Waals surface area contributed by atoms with Crippen molar-refractivity contribution in [3.05, 3.63) is 65.4 Å². The zero-order valence-corrected chi connectivity index (χ0v) is 15.3. The third-order valence-electron chi connectivity index (χ3n) is 3.82. The monoisotopic (exact) mass is 352 g/mol. The summed E-state index contributed by atoms with van der Waals surface area (Å²) in [7, 11) is 0. The smallest absolute Gasteiger partial charge is 0.281 e. The highest BCUT2D eigenvalue weighted by atomic mass is 32.1. The first kappa shape index (κ1) is 17.2. The van der Waals surface area contributed by atoms with Gasteiger partial charge in [-0.2, -0.15) is 0 Å². The highest BCUT2D eigenvalue weighted by Crippen LogP contribution is 2.27. The minimum Gasteiger partial charge on any atom is -0.490 e. The number of hydrogen-bond donors (Lipinski definition) is 1. The average molecular weight is 352 g/mol. The van der Waals surface area contributed by atoms with Gasteiger partial charge >= 0.3 is 0 Å². The molecule has 0 aromatic heterocycles. The molecule has 1 saturated heterocycles. The summed E-state index contributed by atoms with van der Waals surface area (Å²) in [5.41, 5.74) is 3.06. The van der Waals surface area contributed by atoms with Gasteiger partial charge < -0.3 is 10.1 Å². The normalized spacial score (nSPS) is 15.8. The Morgan fingerprint density at radius 3 is 2.52 bits per heavy atom. The van der Waals surface area contributed by atoms with Crippen LogP contribution in [0.2, 0.25) is 0 Å². The minimum absolute atomic E-state index is 0.0522. The number of amides is 1. The van der Waals surface area contributed by atoms with Gasteiger partial charge in [0.2, 0.25) is 0 Å². The summed E-state index contributed by atoms with van der Waals surface area (Å²) in [6.07, 6.45) is 1.83. The van der Waals surface area contributed by atoms with Crippen LogP contribution in [-0.2, 0) is 4.79 Å². The molecule has 3 rings (SSSR count). The lowest BCUT2D eigenvalue weighted by molar-refractivity contribution is -0.113. The van der Waals surface area contributed by atoms with E-state index >= 15 is 0 Å². The Balaban J connectivity index is 1.96. The second kappa shape index (κ2) is 7.07. The predicted molar refractivity (Wildman–Crippen MR) is 105 cm³/mol. The van der Waals surface area contributed by atoms with Gasteiger partial charge in [-0.05, 0) is 56.8 Å². The van der Waals surface area contributed by atoms with Crippen molar-refractivity contribution in [2.24, 2.45) is 0 Å². The number of ether oxygens (including phenoxy) is 1. The molecule has 0 spiro atoms. The molecule has 1 amide bonds. The fraction of sp³-hybridized carbons (Fsp3) is 0.200. The number of anilines is 1. The molecule has 0 radical (unpaired) electrons. The van der Waals surface area contributed by atoms with E-state index < -0.39 is 0 Å². The lowest BCUT2D eigenvalue weighted by atomic mass is 10.1. The molecule has 0 bridgehead atoms. The lowest BCUT2D eigenvalue weighted by Crippen LogP contribution is -2.30. The Bertz CT molecular complexity index is 858. The van der Waals surface area contributed by atoms with E-state index in [1.807, 2.05) is 69.3 Å². The SMILES string of the molecule is Cc1ccccc1N1C(=O)/C(=C/c2ccccc2OC(C)C)NC1=S. The molecular formula is C20H20N2O2S. The molecule has 1 aliphatic heterocycles. The van der Waals surface area contributed by atoms with Crippen LogP contribution in [0.25, 0.3) is 6.08 Å². The zero-order valence-electron chi connectivity index (χ0n) is 14.4. The second-order valence-electron chi connectivity index (χ2n) is 6.12. The van der Waals surface area contributed by atoms with E-state index in [4.69, 9.17) is 17.0 Å². The van der Waals surface area contributed by atoms with Crippen LogP contribution in [0.3, 0.4) is 0 Å². The highest BCUT2D eigenvalue weighted by Gasteiger charge is 2.32. The highest BCUT2D eigenvalue weighted by molar-refractivity contribution is 7.80. The van der Waals surface area contributed by atoms with Gasteiger partial charge in [0, 0.05) is 5.56 Å². The molecule has 128 valence electrons. The molecule has 0 unspecified atom stereocenters. The van der Waals surface area contributed by atoms with Gasteiger partial charge in [0.25, 0.3) is 5.91 Å². The van der Waals surface area contributed by atoms with Crippen molar-refractivity contribution in [3.63, 3.8) is 0 Å². The zero-order chi connectivity index (χ0) is 18.0. The minimum atomic E-state index is -0.168. The Labute approximate surface area is 153 Å². The van der Waals surface area contributed by atoms with Crippen LogP contribution in [0.5, 0.6) is 5.75 Å². The number of para-hydroxylation sites is 2. The summed E-state index contributed by atoms with van der Waals surface area (Å²) in [6.45, 7) is 5.90. The summed E-state index contributed by atoms with van der Waals surface area (Å²) < 4.78 is 5.82. The third kappa shape index (κ3) is 3.56. The standard InChI is InChI=1S/C20H20N2O2S/c1-13(2)24-18-11-7-5-9-15(18)12-16-19(23)22(20(25)21-16)17-10-6-4-8-14(17)3/h4-13H,1-3H3,(H,21,25)/b16-12-. The molecule has 1 fully saturated rings. The number of nitrogens with zero attached hydrogens (tertiary/aromatic N) is 1. The van der Waals surface area contributed by atoms with Crippen LogP contribution in [-0.4, -0.2) is 17.1 Å². The first-order chi connectivity index (χ1) is 12.0. The Morgan fingerprint density at radius 2 is 1.80 bits per heavy atom. The fourth-order valence-electron chi connectivity index (χ4n) is 2.68. The molecule has 0 aliphatic carbocycles. The molecule has 5 heteroatoms. The first-order valence-electron chi connectivity index (χ1n) is 8.16. The van der Waals surface area contributed by atoms with E-state index in [9.17, 15) is 4.79 Å². The molecule has 0 atom stereocenters. The molecule has 4 nitrogen and oxygen atoms in total. The Kier molecular flexibility index (Phi) is 4.86. The fourth-order valence-corrected chi connectivity index (χ4v) is 2.98. The molecule has 1 aliphatic rings. The topological polar surface area (TPSA) is 41.6 Å². The molecule has 1 N–H and O–H groups in total. The van der Waals surface area contributed by atoms with E-state index in [1.165, 1.54) is 4.90 Å². The number of benzene rings is 2. The maximum Gasteiger partial charge on any atom is 0.281 e. The quantitative estimate of drug-likeness (QED) is 0.666. The largest absolute Gasteiger partial charge is 0.490 e. The maximum absolute atomic E-state index is 12.9. The summed E-state index contributed by atoms with van der Waals surface area (Å²) >= 11 is 5.38. The number of aryl methyl sites for hydroxylation is 1. The van der Waals surface area contributed by atoms with Gasteiger partial charge in [0.1, 0.15) is 11.4 Å². The van der Waals surface area contributed by atoms with Crippen molar-refractivity contribution in [2.75, 3.05) is 4.90 Å². The summed E-state index contributed by atoms with van der Waals surface area (Å²) in [6, 6.07) is 15.3. The maximum atomic E-state index is 12.9. The summed E-state index contributed by atoms with van der Waals surface area (Å²) in [5.74, 6) is 0.568. The third-order valence-corrected chi connectivity index (χ3v) is 4.10. The van der Waals surface area contributed by atoms with Crippen molar-refractivity contribution in [3.8, 4) is 5.75 Å². The summed E-state index contributed by atoms with van der Waals surface area (Å²) in [5, 5.41) is 3.40. The Hall–Kier alpha value is -2.66. The molecule has 25 heavy (non-hydrogen) atoms. The molecule has 0 saturated carbocycles. The number of nitrogens with one attached hydrogen (secondary N) is 1. The van der Waals surface area contributed by atoms with Crippen LogP contribution < -0.4 is 15.0 Å². The van der Waals surface area contributed by atoms with Gasteiger partial charge in [0.15, 0.2) is 5.11 Å². The predicted octanol–water partition coefficient (Wildman–Crippen LogP) is 4.04. The van der Waals surface area contributed by atoms with E-state index in [2.05, 4.69) is 5.32 Å². The van der Waals surface area contributed by atoms with E-state index in [0.29, 0.717) is 10.8 Å². The van der Waals surface area contributed by atoms with Gasteiger partial charge in [-0.15, -0.1) is 0 Å². The second-order valence-corrected chi connectivity index (χ2v) is 6.51. The number of carbonyl (C=O) groups excluding carboxylic acids is 1. The number of hydrogen-bond acceptors (Lipinski definition) is 3. The molecule has 2 aromatic rings. The van der Waals surface area contributed by atoms with Crippen LogP contribution >= 0.6 is 12.2 Å². The van der Waals surface area contributed by atoms with Gasteiger partial charge in [-0.25, -0.2) is 0 Å². The summed E-state index contributed by atoms with van der Waals surface area (Å²) in [4.78, 5) is 14.4. The van der Waals surface area contributed by atoms with Crippen LogP contribution in [0, 0.1) is 6.92 Å². The molecular weight excluding hydrogens is 332 g/mol. The van der Waals surface area contributed by atoms with Crippen molar-refractivity contribution < 1.29 is 9.53 Å². The molecule has 2 aromatic carbocycles. The van der Waals surface area contributed by atoms with Crippen LogP contribution in [0.4, 0.5) is 5.69 Å². The van der Waals surface area contributed by atoms with E-state index in [1.54, 1.807) is 6.08 Å².